The number of Topliss-reactive ketones (excluding diaryl/α,β-unsaturated/α-hetero) is 2. The number of hydrogen-bond donors (Lipinski definition) is 1. The highest BCUT2D eigenvalue weighted by molar-refractivity contribution is 6.31. The molecule has 0 saturated carbocycles. The predicted octanol–water partition coefficient (Wildman–Crippen LogP) is 4.61. The van der Waals surface area contributed by atoms with Gasteiger partial charge in [-0.15, -0.1) is 0 Å². The number of halogens is 2. The molecular formula is C27H25ClFNO7. The average molecular weight is 530 g/mol. The number of carbonyl (C=O) groups excluding carboxylic acids is 2. The summed E-state index contributed by atoms with van der Waals surface area (Å²) < 4.78 is 26.0. The molecule has 1 N–H and O–H groups in total. The minimum atomic E-state index is -1.42. The molecule has 0 aliphatic rings. The van der Waals surface area contributed by atoms with E-state index in [0.717, 1.165) is 12.1 Å². The van der Waals surface area contributed by atoms with Gasteiger partial charge >= 0.3 is 5.97 Å². The number of pyridine rings is 1. The summed E-state index contributed by atoms with van der Waals surface area (Å²) in [5.74, 6) is -2.79. The third-order valence-electron chi connectivity index (χ3n) is 5.86. The van der Waals surface area contributed by atoms with Gasteiger partial charge in [-0.3, -0.25) is 14.4 Å². The van der Waals surface area contributed by atoms with Gasteiger partial charge in [-0.05, 0) is 54.8 Å². The zero-order valence-corrected chi connectivity index (χ0v) is 21.2. The number of ether oxygens (including phenoxy) is 2. The Morgan fingerprint density at radius 2 is 1.76 bits per heavy atom. The van der Waals surface area contributed by atoms with Crippen LogP contribution in [0.1, 0.15) is 45.7 Å². The highest BCUT2D eigenvalue weighted by Crippen LogP contribution is 2.34. The smallest absolute Gasteiger partial charge is 0.338 e. The Kier molecular flexibility index (Phi) is 8.96. The number of methoxy groups -OCH3 is 2. The minimum Gasteiger partial charge on any atom is -0.495 e. The third-order valence-corrected chi connectivity index (χ3v) is 6.10. The van der Waals surface area contributed by atoms with Crippen molar-refractivity contribution in [2.75, 3.05) is 20.8 Å². The van der Waals surface area contributed by atoms with Crippen LogP contribution < -0.4 is 10.3 Å². The van der Waals surface area contributed by atoms with Crippen molar-refractivity contribution >= 4 is 29.1 Å². The Morgan fingerprint density at radius 3 is 2.35 bits per heavy atom. The van der Waals surface area contributed by atoms with E-state index >= 15 is 0 Å². The molecule has 37 heavy (non-hydrogen) atoms. The number of carboxylic acid groups (broad SMARTS) is 1. The molecule has 0 bridgehead atoms. The monoisotopic (exact) mass is 529 g/mol. The van der Waals surface area contributed by atoms with Gasteiger partial charge in [0.1, 0.15) is 11.6 Å². The highest BCUT2D eigenvalue weighted by Gasteiger charge is 2.25. The maximum absolute atomic E-state index is 14.1. The fourth-order valence-electron chi connectivity index (χ4n) is 4.04. The Hall–Kier alpha value is -3.82. The maximum Gasteiger partial charge on any atom is 0.338 e. The lowest BCUT2D eigenvalue weighted by Crippen LogP contribution is -2.31. The van der Waals surface area contributed by atoms with E-state index < -0.39 is 34.7 Å². The fourth-order valence-corrected chi connectivity index (χ4v) is 4.21. The molecule has 3 rings (SSSR count). The van der Waals surface area contributed by atoms with E-state index in [-0.39, 0.29) is 36.5 Å². The van der Waals surface area contributed by atoms with Crippen LogP contribution >= 0.6 is 11.6 Å². The van der Waals surface area contributed by atoms with Gasteiger partial charge in [0.2, 0.25) is 0 Å². The summed E-state index contributed by atoms with van der Waals surface area (Å²) in [6, 6.07) is 8.41. The second kappa shape index (κ2) is 11.9. The first-order valence-corrected chi connectivity index (χ1v) is 11.6. The van der Waals surface area contributed by atoms with Crippen LogP contribution in [0, 0.1) is 5.82 Å². The molecule has 0 radical (unpaired) electrons. The van der Waals surface area contributed by atoms with Crippen molar-refractivity contribution in [2.45, 2.75) is 25.8 Å². The van der Waals surface area contributed by atoms with E-state index in [2.05, 4.69) is 0 Å². The summed E-state index contributed by atoms with van der Waals surface area (Å²) in [7, 11) is 2.85. The van der Waals surface area contributed by atoms with Crippen LogP contribution in [0.15, 0.2) is 53.5 Å². The van der Waals surface area contributed by atoms with Crippen LogP contribution in [0.5, 0.6) is 5.75 Å². The van der Waals surface area contributed by atoms with Crippen LogP contribution in [0.4, 0.5) is 4.39 Å². The summed E-state index contributed by atoms with van der Waals surface area (Å²) in [6.07, 6.45) is 1.28. The number of hydrogen-bond acceptors (Lipinski definition) is 6. The molecular weight excluding hydrogens is 505 g/mol. The molecule has 1 aromatic heterocycles. The first-order chi connectivity index (χ1) is 17.6. The van der Waals surface area contributed by atoms with Gasteiger partial charge in [0.25, 0.3) is 5.56 Å². The molecule has 2 aromatic carbocycles. The van der Waals surface area contributed by atoms with Crippen molar-refractivity contribution in [1.82, 2.24) is 4.57 Å². The highest BCUT2D eigenvalue weighted by atomic mass is 35.5. The zero-order valence-electron chi connectivity index (χ0n) is 20.4. The second-order valence-electron chi connectivity index (χ2n) is 8.31. The van der Waals surface area contributed by atoms with Crippen LogP contribution in [0.3, 0.4) is 0 Å². The molecule has 1 atom stereocenters. The quantitative estimate of drug-likeness (QED) is 0.361. The van der Waals surface area contributed by atoms with Gasteiger partial charge in [-0.1, -0.05) is 17.7 Å². The van der Waals surface area contributed by atoms with Crippen LogP contribution in [-0.2, 0) is 16.0 Å². The number of ketones is 2. The first kappa shape index (κ1) is 27.8. The van der Waals surface area contributed by atoms with Crippen molar-refractivity contribution in [3.63, 3.8) is 0 Å². The summed E-state index contributed by atoms with van der Waals surface area (Å²) in [5.41, 5.74) is 0.313. The lowest BCUT2D eigenvalue weighted by Gasteiger charge is -2.21. The zero-order chi connectivity index (χ0) is 27.3. The summed E-state index contributed by atoms with van der Waals surface area (Å²) in [6.45, 7) is 1.55. The van der Waals surface area contributed by atoms with Crippen molar-refractivity contribution in [3.8, 4) is 16.9 Å². The van der Waals surface area contributed by atoms with Crippen LogP contribution in [0.2, 0.25) is 5.02 Å². The molecule has 8 nitrogen and oxygen atoms in total. The topological polar surface area (TPSA) is 112 Å². The Bertz CT molecular complexity index is 1420. The van der Waals surface area contributed by atoms with Gasteiger partial charge < -0.3 is 19.1 Å². The van der Waals surface area contributed by atoms with Crippen molar-refractivity contribution < 1.29 is 33.4 Å². The van der Waals surface area contributed by atoms with Gasteiger partial charge in [0.15, 0.2) is 11.6 Å². The molecule has 0 amide bonds. The molecule has 0 spiro atoms. The molecule has 3 aromatic rings. The number of carbonyl (C=O) groups is 3. The maximum atomic E-state index is 14.1. The van der Waals surface area contributed by atoms with Crippen LogP contribution in [-0.4, -0.2) is 48.0 Å². The number of aromatic carboxylic acids is 1. The number of carboxylic acids is 1. The number of rotatable bonds is 11. The molecule has 0 saturated heterocycles. The predicted molar refractivity (Wildman–Crippen MR) is 135 cm³/mol. The van der Waals surface area contributed by atoms with E-state index in [0.29, 0.717) is 21.7 Å². The number of nitrogens with zero attached hydrogens (tertiary/aromatic N) is 1. The normalized spacial score (nSPS) is 11.7. The minimum absolute atomic E-state index is 0.142. The summed E-state index contributed by atoms with van der Waals surface area (Å²) in [5, 5.41) is 9.38. The molecule has 194 valence electrons. The van der Waals surface area contributed by atoms with E-state index in [1.54, 1.807) is 18.2 Å². The molecule has 10 heteroatoms. The van der Waals surface area contributed by atoms with Crippen molar-refractivity contribution in [1.29, 1.82) is 0 Å². The van der Waals surface area contributed by atoms with Gasteiger partial charge in [0, 0.05) is 42.4 Å². The van der Waals surface area contributed by atoms with Crippen molar-refractivity contribution in [3.05, 3.63) is 86.5 Å². The molecule has 0 fully saturated rings. The SMILES string of the molecule is COCCC(C(=O)Cc1ccc(C(=O)O)c(F)c1)n1cc(OC)c(-c2cc(Cl)ccc2C(C)=O)cc1=O. The van der Waals surface area contributed by atoms with Gasteiger partial charge in [0.05, 0.1) is 24.9 Å². The lowest BCUT2D eigenvalue weighted by atomic mass is 9.96. The molecule has 1 heterocycles. The standard InChI is InChI=1S/C27H25ClFNO7/c1-15(31)18-7-5-17(28)12-20(18)21-13-26(33)30(14-25(21)37-3)23(8-9-36-2)24(32)11-16-4-6-19(27(34)35)22(29)10-16/h4-7,10,12-14,23H,8-9,11H2,1-3H3,(H,34,35). The van der Waals surface area contributed by atoms with Crippen LogP contribution in [0.25, 0.3) is 11.1 Å². The molecule has 1 unspecified atom stereocenters. The van der Waals surface area contributed by atoms with Gasteiger partial charge in [-0.2, -0.15) is 0 Å². The Morgan fingerprint density at radius 1 is 1.05 bits per heavy atom. The average Bonchev–Trinajstić information content (AvgIpc) is 2.84. The number of benzene rings is 2. The Balaban J connectivity index is 2.06. The lowest BCUT2D eigenvalue weighted by molar-refractivity contribution is -0.122. The third kappa shape index (κ3) is 6.31. The molecule has 0 aliphatic carbocycles. The number of aromatic nitrogens is 1. The second-order valence-corrected chi connectivity index (χ2v) is 8.74. The summed E-state index contributed by atoms with van der Waals surface area (Å²) >= 11 is 6.15. The van der Waals surface area contributed by atoms with Gasteiger partial charge in [-0.25, -0.2) is 9.18 Å². The van der Waals surface area contributed by atoms with E-state index in [9.17, 15) is 23.6 Å². The fraction of sp³-hybridized carbons (Fsp3) is 0.259. The Labute approximate surface area is 217 Å². The largest absolute Gasteiger partial charge is 0.495 e. The van der Waals surface area contributed by atoms with E-state index in [4.69, 9.17) is 26.2 Å². The van der Waals surface area contributed by atoms with E-state index in [1.807, 2.05) is 0 Å². The first-order valence-electron chi connectivity index (χ1n) is 11.2. The molecule has 0 aliphatic heterocycles. The summed E-state index contributed by atoms with van der Waals surface area (Å²) in [4.78, 5) is 49.8. The van der Waals surface area contributed by atoms with E-state index in [1.165, 1.54) is 44.0 Å². The van der Waals surface area contributed by atoms with Crippen molar-refractivity contribution in [2.24, 2.45) is 0 Å².